The van der Waals surface area contributed by atoms with Crippen LogP contribution in [-0.2, 0) is 5.75 Å². The van der Waals surface area contributed by atoms with Crippen molar-refractivity contribution in [3.05, 3.63) is 95.5 Å². The number of hydrogen-bond donors (Lipinski definition) is 0. The number of ether oxygens (including phenoxy) is 1. The monoisotopic (exact) mass is 498 g/mol. The molecule has 2 aromatic heterocycles. The SMILES string of the molecule is COc1ccc(-c2nnc(SCc3csc(-c4ccccc4)n3)n2-c2ccccc2C(C)C)cc1. The fourth-order valence-corrected chi connectivity index (χ4v) is 5.68. The first-order chi connectivity index (χ1) is 17.1. The fourth-order valence-electron chi connectivity index (χ4n) is 3.91. The summed E-state index contributed by atoms with van der Waals surface area (Å²) >= 11 is 3.33. The van der Waals surface area contributed by atoms with Gasteiger partial charge in [-0.05, 0) is 41.8 Å². The second kappa shape index (κ2) is 10.5. The van der Waals surface area contributed by atoms with E-state index in [0.717, 1.165) is 44.2 Å². The third-order valence-corrected chi connectivity index (χ3v) is 7.61. The molecule has 0 aliphatic heterocycles. The van der Waals surface area contributed by atoms with Gasteiger partial charge in [0.25, 0.3) is 0 Å². The molecule has 3 aromatic carbocycles. The molecular weight excluding hydrogens is 472 g/mol. The summed E-state index contributed by atoms with van der Waals surface area (Å²) in [6.07, 6.45) is 0. The van der Waals surface area contributed by atoms with Crippen LogP contribution in [0.2, 0.25) is 0 Å². The van der Waals surface area contributed by atoms with E-state index in [0.29, 0.717) is 11.7 Å². The van der Waals surface area contributed by atoms with Crippen molar-refractivity contribution in [2.45, 2.75) is 30.7 Å². The standard InChI is InChI=1S/C28H26N4OS2/c1-19(2)24-11-7-8-12-25(24)32-26(20-13-15-23(33-3)16-14-20)30-31-28(32)35-18-22-17-34-27(29-22)21-9-5-4-6-10-21/h4-17,19H,18H2,1-3H3. The van der Waals surface area contributed by atoms with E-state index in [1.807, 2.05) is 42.5 Å². The maximum absolute atomic E-state index is 5.34. The van der Waals surface area contributed by atoms with Gasteiger partial charge in [0.2, 0.25) is 0 Å². The zero-order valence-electron chi connectivity index (χ0n) is 19.9. The maximum Gasteiger partial charge on any atom is 0.196 e. The lowest BCUT2D eigenvalue weighted by atomic mass is 10.0. The molecule has 2 heterocycles. The highest BCUT2D eigenvalue weighted by Crippen LogP contribution is 2.34. The van der Waals surface area contributed by atoms with Crippen LogP contribution in [0.25, 0.3) is 27.6 Å². The van der Waals surface area contributed by atoms with Crippen molar-refractivity contribution >= 4 is 23.1 Å². The molecule has 0 N–H and O–H groups in total. The lowest BCUT2D eigenvalue weighted by Gasteiger charge is -2.17. The summed E-state index contributed by atoms with van der Waals surface area (Å²) in [5, 5.41) is 13.2. The first-order valence-corrected chi connectivity index (χ1v) is 13.3. The predicted octanol–water partition coefficient (Wildman–Crippen LogP) is 7.48. The highest BCUT2D eigenvalue weighted by atomic mass is 32.2. The zero-order valence-corrected chi connectivity index (χ0v) is 21.5. The lowest BCUT2D eigenvalue weighted by molar-refractivity contribution is 0.415. The number of nitrogens with zero attached hydrogens (tertiary/aromatic N) is 4. The Bertz CT molecular complexity index is 1410. The minimum Gasteiger partial charge on any atom is -0.497 e. The normalized spacial score (nSPS) is 11.2. The van der Waals surface area contributed by atoms with Gasteiger partial charge in [0, 0.05) is 22.3 Å². The van der Waals surface area contributed by atoms with E-state index < -0.39 is 0 Å². The molecule has 0 saturated carbocycles. The first-order valence-electron chi connectivity index (χ1n) is 11.5. The fraction of sp³-hybridized carbons (Fsp3) is 0.179. The number of aromatic nitrogens is 4. The van der Waals surface area contributed by atoms with Crippen molar-refractivity contribution in [1.29, 1.82) is 0 Å². The van der Waals surface area contributed by atoms with Gasteiger partial charge in [0.1, 0.15) is 10.8 Å². The molecule has 5 nitrogen and oxygen atoms in total. The summed E-state index contributed by atoms with van der Waals surface area (Å²) in [7, 11) is 1.67. The third kappa shape index (κ3) is 5.01. The molecule has 0 bridgehead atoms. The summed E-state index contributed by atoms with van der Waals surface area (Å²) in [6.45, 7) is 4.42. The van der Waals surface area contributed by atoms with Crippen LogP contribution >= 0.6 is 23.1 Å². The summed E-state index contributed by atoms with van der Waals surface area (Å²) < 4.78 is 7.52. The van der Waals surface area contributed by atoms with Crippen molar-refractivity contribution in [3.63, 3.8) is 0 Å². The molecule has 5 aromatic rings. The van der Waals surface area contributed by atoms with Crippen LogP contribution in [0.5, 0.6) is 5.75 Å². The van der Waals surface area contributed by atoms with Gasteiger partial charge in [-0.3, -0.25) is 4.57 Å². The Hall–Kier alpha value is -3.42. The van der Waals surface area contributed by atoms with Gasteiger partial charge in [0.05, 0.1) is 18.5 Å². The molecule has 0 atom stereocenters. The van der Waals surface area contributed by atoms with Crippen molar-refractivity contribution in [3.8, 4) is 33.4 Å². The summed E-state index contributed by atoms with van der Waals surface area (Å²) in [6, 6.07) is 26.7. The average Bonchev–Trinajstić information content (AvgIpc) is 3.55. The molecule has 0 saturated heterocycles. The second-order valence-corrected chi connectivity index (χ2v) is 10.2. The van der Waals surface area contributed by atoms with Crippen LogP contribution in [0.3, 0.4) is 0 Å². The molecule has 0 spiro atoms. The zero-order chi connectivity index (χ0) is 24.2. The van der Waals surface area contributed by atoms with Crippen LogP contribution in [0.4, 0.5) is 0 Å². The topological polar surface area (TPSA) is 52.8 Å². The predicted molar refractivity (Wildman–Crippen MR) is 145 cm³/mol. The minimum absolute atomic E-state index is 0.363. The maximum atomic E-state index is 5.34. The van der Waals surface area contributed by atoms with Gasteiger partial charge in [-0.15, -0.1) is 21.5 Å². The summed E-state index contributed by atoms with van der Waals surface area (Å²) in [5.41, 5.74) is 5.53. The average molecular weight is 499 g/mol. The Labute approximate surface area is 213 Å². The lowest BCUT2D eigenvalue weighted by Crippen LogP contribution is -2.05. The number of hydrogen-bond acceptors (Lipinski definition) is 6. The van der Waals surface area contributed by atoms with E-state index in [9.17, 15) is 0 Å². The van der Waals surface area contributed by atoms with Gasteiger partial charge < -0.3 is 4.74 Å². The Kier molecular flexibility index (Phi) is 6.97. The number of benzene rings is 3. The molecular formula is C28H26N4OS2. The van der Waals surface area contributed by atoms with E-state index in [4.69, 9.17) is 9.72 Å². The number of para-hydroxylation sites is 1. The third-order valence-electron chi connectivity index (χ3n) is 5.70. The smallest absolute Gasteiger partial charge is 0.196 e. The van der Waals surface area contributed by atoms with E-state index >= 15 is 0 Å². The quantitative estimate of drug-likeness (QED) is 0.208. The van der Waals surface area contributed by atoms with Crippen molar-refractivity contribution in [2.24, 2.45) is 0 Å². The van der Waals surface area contributed by atoms with E-state index in [1.165, 1.54) is 5.56 Å². The number of thioether (sulfide) groups is 1. The molecule has 0 radical (unpaired) electrons. The van der Waals surface area contributed by atoms with Crippen molar-refractivity contribution in [2.75, 3.05) is 7.11 Å². The highest BCUT2D eigenvalue weighted by Gasteiger charge is 2.20. The van der Waals surface area contributed by atoms with Gasteiger partial charge >= 0.3 is 0 Å². The molecule has 176 valence electrons. The number of thiazole rings is 1. The van der Waals surface area contributed by atoms with E-state index in [2.05, 4.69) is 70.4 Å². The van der Waals surface area contributed by atoms with Crippen LogP contribution in [-0.4, -0.2) is 26.9 Å². The Balaban J connectivity index is 1.50. The number of rotatable bonds is 8. The molecule has 7 heteroatoms. The highest BCUT2D eigenvalue weighted by molar-refractivity contribution is 7.98. The van der Waals surface area contributed by atoms with E-state index in [-0.39, 0.29) is 0 Å². The van der Waals surface area contributed by atoms with Gasteiger partial charge in [0.15, 0.2) is 11.0 Å². The number of methoxy groups -OCH3 is 1. The van der Waals surface area contributed by atoms with Crippen LogP contribution in [0, 0.1) is 0 Å². The van der Waals surface area contributed by atoms with Crippen molar-refractivity contribution < 1.29 is 4.74 Å². The molecule has 5 rings (SSSR count). The Morgan fingerprint density at radius 1 is 0.886 bits per heavy atom. The molecule has 0 fully saturated rings. The van der Waals surface area contributed by atoms with Gasteiger partial charge in [-0.25, -0.2) is 4.98 Å². The first kappa shape index (κ1) is 23.3. The van der Waals surface area contributed by atoms with Gasteiger partial charge in [-0.1, -0.05) is 74.1 Å². The van der Waals surface area contributed by atoms with E-state index in [1.54, 1.807) is 30.2 Å². The van der Waals surface area contributed by atoms with Gasteiger partial charge in [-0.2, -0.15) is 0 Å². The molecule has 0 unspecified atom stereocenters. The molecule has 0 aliphatic rings. The Morgan fingerprint density at radius 3 is 2.37 bits per heavy atom. The largest absolute Gasteiger partial charge is 0.497 e. The van der Waals surface area contributed by atoms with Crippen LogP contribution in [0.15, 0.2) is 89.4 Å². The molecule has 0 aliphatic carbocycles. The second-order valence-electron chi connectivity index (χ2n) is 8.38. The summed E-state index contributed by atoms with van der Waals surface area (Å²) in [4.78, 5) is 4.85. The Morgan fingerprint density at radius 2 is 1.63 bits per heavy atom. The minimum atomic E-state index is 0.363. The van der Waals surface area contributed by atoms with Crippen LogP contribution in [0.1, 0.15) is 31.0 Å². The molecule has 35 heavy (non-hydrogen) atoms. The molecule has 0 amide bonds. The van der Waals surface area contributed by atoms with Crippen molar-refractivity contribution in [1.82, 2.24) is 19.7 Å². The summed E-state index contributed by atoms with van der Waals surface area (Å²) in [5.74, 6) is 2.71. The van der Waals surface area contributed by atoms with Crippen LogP contribution < -0.4 is 4.74 Å².